The van der Waals surface area contributed by atoms with Crippen LogP contribution < -0.4 is 16.0 Å². The molecule has 3 aliphatic rings. The van der Waals surface area contributed by atoms with Crippen LogP contribution in [-0.2, 0) is 11.2 Å². The van der Waals surface area contributed by atoms with Gasteiger partial charge in [0.05, 0.1) is 6.04 Å². The highest BCUT2D eigenvalue weighted by atomic mass is 16.4. The molecule has 3 amide bonds. The van der Waals surface area contributed by atoms with Gasteiger partial charge in [0, 0.05) is 43.2 Å². The van der Waals surface area contributed by atoms with E-state index in [0.717, 1.165) is 30.0 Å². The zero-order chi connectivity index (χ0) is 20.7. The lowest BCUT2D eigenvalue weighted by Gasteiger charge is -2.36. The summed E-state index contributed by atoms with van der Waals surface area (Å²) in [5, 5.41) is 17.2. The van der Waals surface area contributed by atoms with E-state index in [1.807, 2.05) is 31.2 Å². The van der Waals surface area contributed by atoms with Gasteiger partial charge in [-0.2, -0.15) is 0 Å². The first kappa shape index (κ1) is 19.0. The molecule has 3 heterocycles. The van der Waals surface area contributed by atoms with Crippen LogP contribution in [0.5, 0.6) is 0 Å². The molecule has 2 saturated heterocycles. The number of rotatable bonds is 5. The average Bonchev–Trinajstić information content (AvgIpc) is 3.31. The van der Waals surface area contributed by atoms with Gasteiger partial charge in [-0.15, -0.1) is 10.2 Å². The fourth-order valence-electron chi connectivity index (χ4n) is 4.31. The second-order valence-corrected chi connectivity index (χ2v) is 8.52. The van der Waals surface area contributed by atoms with Crippen LogP contribution in [0.1, 0.15) is 42.5 Å². The summed E-state index contributed by atoms with van der Waals surface area (Å²) in [6, 6.07) is 7.11. The lowest BCUT2D eigenvalue weighted by molar-refractivity contribution is -0.129. The second-order valence-electron chi connectivity index (χ2n) is 8.52. The van der Waals surface area contributed by atoms with E-state index in [1.165, 1.54) is 0 Å². The molecule has 5 rings (SSSR count). The van der Waals surface area contributed by atoms with Crippen molar-refractivity contribution in [3.63, 3.8) is 0 Å². The normalized spacial score (nSPS) is 26.2. The fourth-order valence-corrected chi connectivity index (χ4v) is 4.31. The molecule has 0 spiro atoms. The van der Waals surface area contributed by atoms with E-state index in [2.05, 4.69) is 31.0 Å². The first-order valence-corrected chi connectivity index (χ1v) is 10.5. The molecule has 9 nitrogen and oxygen atoms in total. The summed E-state index contributed by atoms with van der Waals surface area (Å²) in [6.45, 7) is 3.16. The Balaban J connectivity index is 1.20. The summed E-state index contributed by atoms with van der Waals surface area (Å²) in [5.41, 5.74) is 1.88. The highest BCUT2D eigenvalue weighted by molar-refractivity contribution is 5.89. The van der Waals surface area contributed by atoms with Crippen molar-refractivity contribution in [1.82, 2.24) is 25.7 Å². The molecule has 0 unspecified atom stereocenters. The van der Waals surface area contributed by atoms with Gasteiger partial charge in [0.25, 0.3) is 0 Å². The van der Waals surface area contributed by atoms with Crippen molar-refractivity contribution in [2.75, 3.05) is 18.4 Å². The van der Waals surface area contributed by atoms with Gasteiger partial charge in [-0.05, 0) is 38.3 Å². The van der Waals surface area contributed by atoms with Crippen molar-refractivity contribution in [2.45, 2.75) is 56.7 Å². The third kappa shape index (κ3) is 4.02. The van der Waals surface area contributed by atoms with Gasteiger partial charge in [-0.3, -0.25) is 9.69 Å². The summed E-state index contributed by atoms with van der Waals surface area (Å²) in [5.74, 6) is 1.79. The number of piperazine rings is 1. The van der Waals surface area contributed by atoms with Crippen molar-refractivity contribution >= 4 is 17.6 Å². The molecule has 3 atom stereocenters. The number of nitrogens with one attached hydrogen (secondary N) is 3. The highest BCUT2D eigenvalue weighted by Crippen LogP contribution is 2.39. The van der Waals surface area contributed by atoms with Crippen LogP contribution in [0.15, 0.2) is 28.7 Å². The third-order valence-corrected chi connectivity index (χ3v) is 6.09. The first-order valence-electron chi connectivity index (χ1n) is 10.5. The predicted molar refractivity (Wildman–Crippen MR) is 109 cm³/mol. The lowest BCUT2D eigenvalue weighted by atomic mass is 10.1. The number of aromatic nitrogens is 2. The quantitative estimate of drug-likeness (QED) is 0.690. The molecule has 1 aromatic carbocycles. The van der Waals surface area contributed by atoms with E-state index in [9.17, 15) is 9.59 Å². The molecule has 3 N–H and O–H groups in total. The fraction of sp³-hybridized carbons (Fsp3) is 0.524. The SMILES string of the molecule is Cc1ccc(NC(=O)N[C@H]2C[C@H]3C(=O)NC[C@@H](Cc4nnc(C5CC5)o4)N3C2)cc1. The molecule has 1 saturated carbocycles. The van der Waals surface area contributed by atoms with Crippen LogP contribution in [0.3, 0.4) is 0 Å². The van der Waals surface area contributed by atoms with Crippen LogP contribution in [0.2, 0.25) is 0 Å². The van der Waals surface area contributed by atoms with Crippen molar-refractivity contribution in [3.8, 4) is 0 Å². The van der Waals surface area contributed by atoms with E-state index in [-0.39, 0.29) is 30.1 Å². The van der Waals surface area contributed by atoms with E-state index in [4.69, 9.17) is 4.42 Å². The molecule has 9 heteroatoms. The Hall–Kier alpha value is -2.94. The molecule has 158 valence electrons. The number of urea groups is 1. The second kappa shape index (κ2) is 7.71. The van der Waals surface area contributed by atoms with Crippen LogP contribution in [0.25, 0.3) is 0 Å². The predicted octanol–water partition coefficient (Wildman–Crippen LogP) is 1.56. The minimum atomic E-state index is -0.258. The Morgan fingerprint density at radius 1 is 1.27 bits per heavy atom. The van der Waals surface area contributed by atoms with Gasteiger partial charge in [-0.25, -0.2) is 4.79 Å². The minimum Gasteiger partial charge on any atom is -0.425 e. The summed E-state index contributed by atoms with van der Waals surface area (Å²) in [6.07, 6.45) is 3.42. The summed E-state index contributed by atoms with van der Waals surface area (Å²) in [7, 11) is 0. The molecule has 1 aliphatic carbocycles. The van der Waals surface area contributed by atoms with Crippen molar-refractivity contribution in [3.05, 3.63) is 41.6 Å². The number of aryl methyl sites for hydroxylation is 1. The van der Waals surface area contributed by atoms with Gasteiger partial charge in [0.15, 0.2) is 0 Å². The Morgan fingerprint density at radius 2 is 2.07 bits per heavy atom. The zero-order valence-electron chi connectivity index (χ0n) is 16.9. The van der Waals surface area contributed by atoms with Crippen molar-refractivity contribution < 1.29 is 14.0 Å². The van der Waals surface area contributed by atoms with E-state index >= 15 is 0 Å². The van der Waals surface area contributed by atoms with Crippen LogP contribution in [-0.4, -0.2) is 58.3 Å². The summed E-state index contributed by atoms with van der Waals surface area (Å²) >= 11 is 0. The topological polar surface area (TPSA) is 112 Å². The number of benzene rings is 1. The zero-order valence-corrected chi connectivity index (χ0v) is 16.9. The average molecular weight is 410 g/mol. The van der Waals surface area contributed by atoms with Crippen LogP contribution in [0.4, 0.5) is 10.5 Å². The number of hydrogen-bond acceptors (Lipinski definition) is 6. The van der Waals surface area contributed by atoms with E-state index < -0.39 is 0 Å². The molecule has 1 aromatic heterocycles. The number of nitrogens with zero attached hydrogens (tertiary/aromatic N) is 3. The Bertz CT molecular complexity index is 938. The third-order valence-electron chi connectivity index (χ3n) is 6.09. The van der Waals surface area contributed by atoms with E-state index in [0.29, 0.717) is 37.7 Å². The minimum absolute atomic E-state index is 0.0127. The molecular formula is C21H26N6O3. The highest BCUT2D eigenvalue weighted by Gasteiger charge is 2.44. The van der Waals surface area contributed by atoms with E-state index in [1.54, 1.807) is 0 Å². The smallest absolute Gasteiger partial charge is 0.319 e. The van der Waals surface area contributed by atoms with Gasteiger partial charge in [-0.1, -0.05) is 17.7 Å². The number of hydrogen-bond donors (Lipinski definition) is 3. The number of fused-ring (bicyclic) bond motifs is 1. The van der Waals surface area contributed by atoms with Crippen molar-refractivity contribution in [1.29, 1.82) is 0 Å². The number of anilines is 1. The maximum absolute atomic E-state index is 12.4. The Kier molecular flexibility index (Phi) is 4.90. The van der Waals surface area contributed by atoms with Crippen LogP contribution >= 0.6 is 0 Å². The molecule has 0 bridgehead atoms. The van der Waals surface area contributed by atoms with Crippen molar-refractivity contribution in [2.24, 2.45) is 0 Å². The molecular weight excluding hydrogens is 384 g/mol. The maximum atomic E-state index is 12.4. The summed E-state index contributed by atoms with van der Waals surface area (Å²) in [4.78, 5) is 27.0. The molecule has 0 radical (unpaired) electrons. The Morgan fingerprint density at radius 3 is 2.83 bits per heavy atom. The van der Waals surface area contributed by atoms with Crippen LogP contribution in [0, 0.1) is 6.92 Å². The number of carbonyl (C=O) groups is 2. The maximum Gasteiger partial charge on any atom is 0.319 e. The largest absolute Gasteiger partial charge is 0.425 e. The Labute approximate surface area is 174 Å². The van der Waals surface area contributed by atoms with Gasteiger partial charge in [0.2, 0.25) is 17.7 Å². The summed E-state index contributed by atoms with van der Waals surface area (Å²) < 4.78 is 5.81. The molecule has 2 aromatic rings. The monoisotopic (exact) mass is 410 g/mol. The molecule has 30 heavy (non-hydrogen) atoms. The number of amides is 3. The van der Waals surface area contributed by atoms with Gasteiger partial charge >= 0.3 is 6.03 Å². The first-order chi connectivity index (χ1) is 14.5. The van der Waals surface area contributed by atoms with Gasteiger partial charge in [0.1, 0.15) is 0 Å². The molecule has 2 aliphatic heterocycles. The lowest BCUT2D eigenvalue weighted by Crippen LogP contribution is -2.58. The van der Waals surface area contributed by atoms with Gasteiger partial charge < -0.3 is 20.4 Å². The number of carbonyl (C=O) groups excluding carboxylic acids is 2. The molecule has 3 fully saturated rings. The standard InChI is InChI=1S/C21H26N6O3/c1-12-2-6-14(7-3-12)23-21(29)24-15-8-17-19(28)22-10-16(27(17)11-15)9-18-25-26-20(30-18)13-4-5-13/h2-3,6-7,13,15-17H,4-5,8-11H2,1H3,(H,22,28)(H2,23,24,29)/t15-,16+,17-/m0/s1.